The van der Waals surface area contributed by atoms with Crippen molar-refractivity contribution in [2.75, 3.05) is 32.7 Å². The number of amides is 1. The van der Waals surface area contributed by atoms with Crippen LogP contribution in [0.2, 0.25) is 0 Å². The average molecular weight is 370 g/mol. The Labute approximate surface area is 164 Å². The van der Waals surface area contributed by atoms with Crippen molar-refractivity contribution in [3.63, 3.8) is 0 Å². The van der Waals surface area contributed by atoms with Crippen LogP contribution in [-0.2, 0) is 6.54 Å². The maximum atomic E-state index is 12.7. The lowest BCUT2D eigenvalue weighted by molar-refractivity contribution is 0.0860. The van der Waals surface area contributed by atoms with Gasteiger partial charge in [-0.1, -0.05) is 31.4 Å². The number of likely N-dealkylation sites (tertiary alicyclic amines) is 2. The molecule has 1 saturated carbocycles. The summed E-state index contributed by atoms with van der Waals surface area (Å²) in [6.07, 6.45) is 11.7. The zero-order valence-electron chi connectivity index (χ0n) is 16.7. The molecule has 2 saturated heterocycles. The smallest absolute Gasteiger partial charge is 0.251 e. The highest BCUT2D eigenvalue weighted by molar-refractivity contribution is 5.94. The average Bonchev–Trinajstić information content (AvgIpc) is 3.40. The molecule has 4 nitrogen and oxygen atoms in total. The van der Waals surface area contributed by atoms with Crippen molar-refractivity contribution in [1.29, 1.82) is 0 Å². The van der Waals surface area contributed by atoms with E-state index in [2.05, 4.69) is 27.2 Å². The third-order valence-corrected chi connectivity index (χ3v) is 6.96. The molecule has 0 radical (unpaired) electrons. The van der Waals surface area contributed by atoms with Crippen LogP contribution in [0.4, 0.5) is 0 Å². The molecular formula is C23H35N3O. The molecule has 1 N–H and O–H groups in total. The van der Waals surface area contributed by atoms with Gasteiger partial charge in [0, 0.05) is 24.2 Å². The minimum atomic E-state index is 0.0880. The van der Waals surface area contributed by atoms with Crippen molar-refractivity contribution in [2.24, 2.45) is 0 Å². The summed E-state index contributed by atoms with van der Waals surface area (Å²) in [5, 5.41) is 3.27. The first-order chi connectivity index (χ1) is 13.3. The van der Waals surface area contributed by atoms with Crippen LogP contribution >= 0.6 is 0 Å². The van der Waals surface area contributed by atoms with Crippen molar-refractivity contribution in [3.8, 4) is 0 Å². The van der Waals surface area contributed by atoms with Gasteiger partial charge in [0.1, 0.15) is 0 Å². The van der Waals surface area contributed by atoms with Crippen LogP contribution in [0.15, 0.2) is 24.3 Å². The maximum absolute atomic E-state index is 12.7. The molecule has 1 amide bonds. The topological polar surface area (TPSA) is 35.6 Å². The van der Waals surface area contributed by atoms with E-state index in [1.165, 1.54) is 89.5 Å². The minimum Gasteiger partial charge on any atom is -0.350 e. The summed E-state index contributed by atoms with van der Waals surface area (Å²) in [6.45, 7) is 6.66. The molecule has 0 atom stereocenters. The van der Waals surface area contributed by atoms with Crippen molar-refractivity contribution in [2.45, 2.75) is 69.9 Å². The molecule has 2 heterocycles. The summed E-state index contributed by atoms with van der Waals surface area (Å²) in [7, 11) is 0. The van der Waals surface area contributed by atoms with E-state index in [1.807, 2.05) is 12.1 Å². The minimum absolute atomic E-state index is 0.0880. The molecule has 1 aliphatic carbocycles. The molecule has 0 aromatic heterocycles. The zero-order chi connectivity index (χ0) is 18.5. The molecule has 0 bridgehead atoms. The predicted octanol–water partition coefficient (Wildman–Crippen LogP) is 3.81. The number of nitrogens with one attached hydrogen (secondary N) is 1. The molecule has 3 fully saturated rings. The molecule has 4 heteroatoms. The number of carbonyl (C=O) groups is 1. The van der Waals surface area contributed by atoms with Crippen LogP contribution in [0.25, 0.3) is 0 Å². The Kier molecular flexibility index (Phi) is 6.14. The van der Waals surface area contributed by atoms with Crippen LogP contribution in [0.3, 0.4) is 0 Å². The van der Waals surface area contributed by atoms with E-state index in [-0.39, 0.29) is 11.4 Å². The molecule has 27 heavy (non-hydrogen) atoms. The van der Waals surface area contributed by atoms with E-state index < -0.39 is 0 Å². The molecule has 1 aromatic rings. The predicted molar refractivity (Wildman–Crippen MR) is 110 cm³/mol. The van der Waals surface area contributed by atoms with Crippen LogP contribution in [0.1, 0.15) is 73.7 Å². The Morgan fingerprint density at radius 3 is 2.15 bits per heavy atom. The largest absolute Gasteiger partial charge is 0.350 e. The van der Waals surface area contributed by atoms with E-state index in [4.69, 9.17) is 0 Å². The third kappa shape index (κ3) is 4.55. The van der Waals surface area contributed by atoms with Gasteiger partial charge in [-0.25, -0.2) is 0 Å². The fraction of sp³-hybridized carbons (Fsp3) is 0.696. The summed E-state index contributed by atoms with van der Waals surface area (Å²) in [4.78, 5) is 17.9. The molecular weight excluding hydrogens is 334 g/mol. The molecule has 4 rings (SSSR count). The number of nitrogens with zero attached hydrogens (tertiary/aromatic N) is 2. The van der Waals surface area contributed by atoms with Crippen molar-refractivity contribution in [3.05, 3.63) is 35.4 Å². The van der Waals surface area contributed by atoms with E-state index in [9.17, 15) is 4.79 Å². The Bertz CT molecular complexity index is 609. The number of rotatable bonds is 6. The van der Waals surface area contributed by atoms with Crippen LogP contribution in [0.5, 0.6) is 0 Å². The van der Waals surface area contributed by atoms with Gasteiger partial charge in [-0.15, -0.1) is 0 Å². The van der Waals surface area contributed by atoms with Gasteiger partial charge in [0.05, 0.1) is 0 Å². The van der Waals surface area contributed by atoms with Gasteiger partial charge in [-0.05, 0) is 82.4 Å². The SMILES string of the molecule is O=C(NCC1(N2CCCC2)CCCC1)c1ccc(CN2CCCCC2)cc1. The quantitative estimate of drug-likeness (QED) is 0.828. The maximum Gasteiger partial charge on any atom is 0.251 e. The molecule has 3 aliphatic rings. The normalized spacial score (nSPS) is 23.6. The van der Waals surface area contributed by atoms with E-state index in [0.29, 0.717) is 0 Å². The lowest BCUT2D eigenvalue weighted by Crippen LogP contribution is -2.53. The molecule has 1 aromatic carbocycles. The highest BCUT2D eigenvalue weighted by Gasteiger charge is 2.40. The van der Waals surface area contributed by atoms with Gasteiger partial charge in [-0.2, -0.15) is 0 Å². The third-order valence-electron chi connectivity index (χ3n) is 6.96. The molecule has 148 valence electrons. The van der Waals surface area contributed by atoms with Crippen LogP contribution in [-0.4, -0.2) is 54.0 Å². The van der Waals surface area contributed by atoms with E-state index in [1.54, 1.807) is 0 Å². The molecule has 0 unspecified atom stereocenters. The Balaban J connectivity index is 1.32. The summed E-state index contributed by atoms with van der Waals surface area (Å²) in [6, 6.07) is 8.28. The summed E-state index contributed by atoms with van der Waals surface area (Å²) < 4.78 is 0. The number of benzene rings is 1. The monoisotopic (exact) mass is 369 g/mol. The number of hydrogen-bond acceptors (Lipinski definition) is 3. The lowest BCUT2D eigenvalue weighted by Gasteiger charge is -2.39. The van der Waals surface area contributed by atoms with E-state index >= 15 is 0 Å². The molecule has 0 spiro atoms. The second kappa shape index (κ2) is 8.74. The van der Waals surface area contributed by atoms with Crippen LogP contribution in [0, 0.1) is 0 Å². The van der Waals surface area contributed by atoms with Gasteiger partial charge in [0.2, 0.25) is 0 Å². The first kappa shape index (κ1) is 18.9. The van der Waals surface area contributed by atoms with E-state index in [0.717, 1.165) is 18.7 Å². The summed E-state index contributed by atoms with van der Waals surface area (Å²) in [5.41, 5.74) is 2.34. The molecule has 2 aliphatic heterocycles. The van der Waals surface area contributed by atoms with Crippen molar-refractivity contribution >= 4 is 5.91 Å². The van der Waals surface area contributed by atoms with Gasteiger partial charge in [0.15, 0.2) is 0 Å². The van der Waals surface area contributed by atoms with Gasteiger partial charge >= 0.3 is 0 Å². The summed E-state index contributed by atoms with van der Waals surface area (Å²) in [5.74, 6) is 0.0880. The Morgan fingerprint density at radius 1 is 0.852 bits per heavy atom. The number of piperidine rings is 1. The first-order valence-electron chi connectivity index (χ1n) is 11.1. The Morgan fingerprint density at radius 2 is 1.48 bits per heavy atom. The van der Waals surface area contributed by atoms with Gasteiger partial charge in [0.25, 0.3) is 5.91 Å². The van der Waals surface area contributed by atoms with Gasteiger partial charge < -0.3 is 5.32 Å². The fourth-order valence-corrected chi connectivity index (χ4v) is 5.31. The number of carbonyl (C=O) groups excluding carboxylic acids is 1. The second-order valence-electron chi connectivity index (χ2n) is 8.84. The Hall–Kier alpha value is -1.39. The number of hydrogen-bond donors (Lipinski definition) is 1. The van der Waals surface area contributed by atoms with Crippen LogP contribution < -0.4 is 5.32 Å². The lowest BCUT2D eigenvalue weighted by atomic mass is 9.95. The standard InChI is InChI=1S/C23H35N3O/c27-22(24-19-23(12-2-3-13-23)26-16-6-7-17-26)21-10-8-20(9-11-21)18-25-14-4-1-5-15-25/h8-11H,1-7,12-19H2,(H,24,27). The van der Waals surface area contributed by atoms with Crippen molar-refractivity contribution in [1.82, 2.24) is 15.1 Å². The summed E-state index contributed by atoms with van der Waals surface area (Å²) >= 11 is 0. The zero-order valence-corrected chi connectivity index (χ0v) is 16.7. The van der Waals surface area contributed by atoms with Crippen molar-refractivity contribution < 1.29 is 4.79 Å². The van der Waals surface area contributed by atoms with Gasteiger partial charge in [-0.3, -0.25) is 14.6 Å². The highest BCUT2D eigenvalue weighted by atomic mass is 16.1. The second-order valence-corrected chi connectivity index (χ2v) is 8.84. The highest BCUT2D eigenvalue weighted by Crippen LogP contribution is 2.37. The first-order valence-corrected chi connectivity index (χ1v) is 11.1. The fourth-order valence-electron chi connectivity index (χ4n) is 5.31.